The highest BCUT2D eigenvalue weighted by molar-refractivity contribution is 5.70. The molecule has 7 nitrogen and oxygen atoms in total. The number of benzene rings is 1. The second kappa shape index (κ2) is 4.81. The second-order valence-corrected chi connectivity index (χ2v) is 3.94. The van der Waals surface area contributed by atoms with E-state index in [4.69, 9.17) is 16.6 Å². The predicted molar refractivity (Wildman–Crippen MR) is 70.4 cm³/mol. The highest BCUT2D eigenvalue weighted by atomic mass is 16.4. The molecule has 0 atom stereocenters. The Morgan fingerprint density at radius 1 is 1.37 bits per heavy atom. The summed E-state index contributed by atoms with van der Waals surface area (Å²) in [7, 11) is 0. The van der Waals surface area contributed by atoms with Gasteiger partial charge in [0.05, 0.1) is 11.9 Å². The Morgan fingerprint density at radius 3 is 2.74 bits per heavy atom. The minimum atomic E-state index is -1.14. The largest absolute Gasteiger partial charge is 0.480 e. The van der Waals surface area contributed by atoms with Gasteiger partial charge in [0.2, 0.25) is 0 Å². The summed E-state index contributed by atoms with van der Waals surface area (Å²) >= 11 is 0. The summed E-state index contributed by atoms with van der Waals surface area (Å²) in [5.74, 6) is -1.38. The molecule has 1 heterocycles. The highest BCUT2D eigenvalue weighted by Gasteiger charge is 2.12. The number of hydrogen-bond donors (Lipinski definition) is 3. The molecule has 98 valence electrons. The van der Waals surface area contributed by atoms with E-state index in [9.17, 15) is 9.59 Å². The summed E-state index contributed by atoms with van der Waals surface area (Å²) in [6.45, 7) is -0.490. The number of anilines is 2. The van der Waals surface area contributed by atoms with Crippen LogP contribution in [0.5, 0.6) is 0 Å². The first kappa shape index (κ1) is 12.6. The third kappa shape index (κ3) is 2.54. The molecule has 0 bridgehead atoms. The lowest BCUT2D eigenvalue weighted by Crippen LogP contribution is -2.28. The number of hydrogen-bond acceptors (Lipinski definition) is 5. The van der Waals surface area contributed by atoms with E-state index in [1.807, 2.05) is 0 Å². The van der Waals surface area contributed by atoms with Crippen LogP contribution in [-0.2, 0) is 11.3 Å². The van der Waals surface area contributed by atoms with Crippen LogP contribution >= 0.6 is 0 Å². The smallest absolute Gasteiger partial charge is 0.323 e. The van der Waals surface area contributed by atoms with Crippen molar-refractivity contribution in [2.45, 2.75) is 6.54 Å². The van der Waals surface area contributed by atoms with Gasteiger partial charge >= 0.3 is 5.97 Å². The Bertz CT molecular complexity index is 694. The Kier molecular flexibility index (Phi) is 3.19. The maximum atomic E-state index is 11.9. The Hall–Kier alpha value is -2.83. The topological polar surface area (TPSA) is 124 Å². The molecule has 1 aromatic carbocycles. The summed E-state index contributed by atoms with van der Waals surface area (Å²) < 4.78 is 1.06. The lowest BCUT2D eigenvalue weighted by atomic mass is 10.1. The van der Waals surface area contributed by atoms with E-state index in [-0.39, 0.29) is 5.82 Å². The van der Waals surface area contributed by atoms with Crippen LogP contribution in [0.3, 0.4) is 0 Å². The van der Waals surface area contributed by atoms with Crippen LogP contribution in [0.25, 0.3) is 11.3 Å². The quantitative estimate of drug-likeness (QED) is 0.675. The first-order valence-electron chi connectivity index (χ1n) is 5.42. The second-order valence-electron chi connectivity index (χ2n) is 3.94. The van der Waals surface area contributed by atoms with Crippen LogP contribution in [0.4, 0.5) is 11.5 Å². The van der Waals surface area contributed by atoms with Crippen LogP contribution in [0, 0.1) is 0 Å². The monoisotopic (exact) mass is 260 g/mol. The number of aromatic nitrogens is 2. The van der Waals surface area contributed by atoms with E-state index in [1.165, 1.54) is 6.20 Å². The van der Waals surface area contributed by atoms with Crippen molar-refractivity contribution in [2.75, 3.05) is 11.5 Å². The molecule has 5 N–H and O–H groups in total. The molecular formula is C12H12N4O3. The zero-order valence-corrected chi connectivity index (χ0v) is 9.91. The molecule has 0 amide bonds. The minimum Gasteiger partial charge on any atom is -0.480 e. The third-order valence-corrected chi connectivity index (χ3v) is 2.56. The molecule has 0 aliphatic carbocycles. The van der Waals surface area contributed by atoms with Crippen LogP contribution in [0.1, 0.15) is 0 Å². The van der Waals surface area contributed by atoms with Gasteiger partial charge in [-0.25, -0.2) is 4.98 Å². The van der Waals surface area contributed by atoms with Crippen LogP contribution < -0.4 is 17.0 Å². The Labute approximate surface area is 108 Å². The maximum absolute atomic E-state index is 11.9. The predicted octanol–water partition coefficient (Wildman–Crippen LogP) is 0.159. The average Bonchev–Trinajstić information content (AvgIpc) is 2.35. The van der Waals surface area contributed by atoms with Gasteiger partial charge < -0.3 is 16.6 Å². The summed E-state index contributed by atoms with van der Waals surface area (Å²) in [4.78, 5) is 26.5. The van der Waals surface area contributed by atoms with Crippen LogP contribution in [0.2, 0.25) is 0 Å². The van der Waals surface area contributed by atoms with Gasteiger partial charge in [0, 0.05) is 11.3 Å². The highest BCUT2D eigenvalue weighted by Crippen LogP contribution is 2.20. The van der Waals surface area contributed by atoms with Crippen LogP contribution in [-0.4, -0.2) is 20.6 Å². The molecule has 0 saturated carbocycles. The third-order valence-electron chi connectivity index (χ3n) is 2.56. The minimum absolute atomic E-state index is 0.242. The van der Waals surface area contributed by atoms with E-state index >= 15 is 0 Å². The van der Waals surface area contributed by atoms with Crippen molar-refractivity contribution in [3.8, 4) is 11.3 Å². The number of nitrogens with two attached hydrogens (primary N) is 2. The van der Waals surface area contributed by atoms with E-state index < -0.39 is 18.1 Å². The summed E-state index contributed by atoms with van der Waals surface area (Å²) in [6.07, 6.45) is 1.36. The van der Waals surface area contributed by atoms with E-state index in [2.05, 4.69) is 4.98 Å². The number of aliphatic carboxylic acids is 1. The SMILES string of the molecule is Nc1cccc(-c2cnc(N)c(=O)n2CC(=O)O)c1. The van der Waals surface area contributed by atoms with Gasteiger partial charge in [-0.1, -0.05) is 12.1 Å². The van der Waals surface area contributed by atoms with Crippen molar-refractivity contribution in [1.29, 1.82) is 0 Å². The lowest BCUT2D eigenvalue weighted by Gasteiger charge is -2.11. The number of nitrogens with zero attached hydrogens (tertiary/aromatic N) is 2. The van der Waals surface area contributed by atoms with Gasteiger partial charge in [-0.2, -0.15) is 0 Å². The maximum Gasteiger partial charge on any atom is 0.323 e. The Morgan fingerprint density at radius 2 is 2.11 bits per heavy atom. The Balaban J connectivity index is 2.66. The van der Waals surface area contributed by atoms with Crippen molar-refractivity contribution >= 4 is 17.5 Å². The average molecular weight is 260 g/mol. The first-order chi connectivity index (χ1) is 8.99. The molecule has 0 spiro atoms. The number of carbonyl (C=O) groups is 1. The number of nitrogen functional groups attached to an aromatic ring is 2. The fraction of sp³-hybridized carbons (Fsp3) is 0.0833. The normalized spacial score (nSPS) is 10.3. The van der Waals surface area contributed by atoms with Crippen molar-refractivity contribution < 1.29 is 9.90 Å². The molecule has 0 saturated heterocycles. The molecule has 1 aromatic heterocycles. The molecule has 0 aliphatic rings. The van der Waals surface area contributed by atoms with Gasteiger partial charge in [-0.3, -0.25) is 14.2 Å². The molecule has 7 heteroatoms. The van der Waals surface area contributed by atoms with Gasteiger partial charge in [0.25, 0.3) is 5.56 Å². The fourth-order valence-corrected chi connectivity index (χ4v) is 1.72. The molecular weight excluding hydrogens is 248 g/mol. The fourth-order valence-electron chi connectivity index (χ4n) is 1.72. The lowest BCUT2D eigenvalue weighted by molar-refractivity contribution is -0.137. The van der Waals surface area contributed by atoms with Gasteiger partial charge in [-0.05, 0) is 12.1 Å². The van der Waals surface area contributed by atoms with E-state index in [0.717, 1.165) is 4.57 Å². The van der Waals surface area contributed by atoms with Gasteiger partial charge in [0.1, 0.15) is 6.54 Å². The molecule has 0 unspecified atom stereocenters. The molecule has 0 fully saturated rings. The number of carboxylic acid groups (broad SMARTS) is 1. The zero-order chi connectivity index (χ0) is 14.0. The molecule has 2 rings (SSSR count). The summed E-state index contributed by atoms with van der Waals surface area (Å²) in [6, 6.07) is 6.73. The first-order valence-corrected chi connectivity index (χ1v) is 5.42. The van der Waals surface area contributed by atoms with Gasteiger partial charge in [0.15, 0.2) is 5.82 Å². The molecule has 19 heavy (non-hydrogen) atoms. The summed E-state index contributed by atoms with van der Waals surface area (Å²) in [5.41, 5.74) is 11.9. The van der Waals surface area contributed by atoms with E-state index in [1.54, 1.807) is 24.3 Å². The standard InChI is InChI=1S/C12H12N4O3/c13-8-3-1-2-7(4-8)9-5-15-11(14)12(19)16(9)6-10(17)18/h1-5H,6,13H2,(H2,14,15)(H,17,18). The van der Waals surface area contributed by atoms with E-state index in [0.29, 0.717) is 16.9 Å². The molecule has 0 aliphatic heterocycles. The molecule has 2 aromatic rings. The molecule has 0 radical (unpaired) electrons. The zero-order valence-electron chi connectivity index (χ0n) is 9.91. The van der Waals surface area contributed by atoms with Crippen molar-refractivity contribution in [3.63, 3.8) is 0 Å². The van der Waals surface area contributed by atoms with Crippen molar-refractivity contribution in [2.24, 2.45) is 0 Å². The summed E-state index contributed by atoms with van der Waals surface area (Å²) in [5, 5.41) is 8.86. The number of rotatable bonds is 3. The van der Waals surface area contributed by atoms with Crippen LogP contribution in [0.15, 0.2) is 35.3 Å². The van der Waals surface area contributed by atoms with Crippen molar-refractivity contribution in [3.05, 3.63) is 40.8 Å². The number of carboxylic acids is 1. The van der Waals surface area contributed by atoms with Gasteiger partial charge in [-0.15, -0.1) is 0 Å². The van der Waals surface area contributed by atoms with Crippen molar-refractivity contribution in [1.82, 2.24) is 9.55 Å².